The molecule has 0 saturated heterocycles. The van der Waals surface area contributed by atoms with Crippen LogP contribution in [0.3, 0.4) is 0 Å². The second-order valence-electron chi connectivity index (χ2n) is 3.54. The van der Waals surface area contributed by atoms with Crippen molar-refractivity contribution in [2.45, 2.75) is 0 Å². The first-order valence-corrected chi connectivity index (χ1v) is 6.86. The monoisotopic (exact) mass is 268 g/mol. The highest BCUT2D eigenvalue weighted by atomic mass is 32.2. The van der Waals surface area contributed by atoms with E-state index in [0.29, 0.717) is 5.95 Å². The lowest BCUT2D eigenvalue weighted by atomic mass is 10.3. The molecule has 0 aliphatic rings. The summed E-state index contributed by atoms with van der Waals surface area (Å²) in [6.07, 6.45) is 0. The summed E-state index contributed by atoms with van der Waals surface area (Å²) in [4.78, 5) is 0. The molecule has 0 aliphatic heterocycles. The zero-order valence-corrected chi connectivity index (χ0v) is 10.2. The fourth-order valence-corrected chi connectivity index (χ4v) is 1.73. The SMILES string of the molecule is NS(=O)(=O)CCNc1nnnn1-c1ccccc1. The molecular formula is C9H12N6O2S. The van der Waals surface area contributed by atoms with Crippen molar-refractivity contribution in [2.75, 3.05) is 17.6 Å². The maximum atomic E-state index is 10.8. The van der Waals surface area contributed by atoms with Crippen LogP contribution in [0.2, 0.25) is 0 Å². The minimum Gasteiger partial charge on any atom is -0.352 e. The first kappa shape index (κ1) is 12.5. The minimum absolute atomic E-state index is 0.145. The highest BCUT2D eigenvalue weighted by Crippen LogP contribution is 2.09. The van der Waals surface area contributed by atoms with Gasteiger partial charge in [0.25, 0.3) is 0 Å². The lowest BCUT2D eigenvalue weighted by molar-refractivity contribution is 0.598. The number of tetrazole rings is 1. The fraction of sp³-hybridized carbons (Fsp3) is 0.222. The van der Waals surface area contributed by atoms with Crippen LogP contribution in [0.4, 0.5) is 5.95 Å². The van der Waals surface area contributed by atoms with E-state index in [1.165, 1.54) is 4.68 Å². The molecule has 1 heterocycles. The number of anilines is 1. The molecule has 0 fully saturated rings. The summed E-state index contributed by atoms with van der Waals surface area (Å²) in [6.45, 7) is 0.145. The Balaban J connectivity index is 2.09. The highest BCUT2D eigenvalue weighted by molar-refractivity contribution is 7.89. The second-order valence-corrected chi connectivity index (χ2v) is 5.28. The third kappa shape index (κ3) is 3.25. The number of para-hydroxylation sites is 1. The summed E-state index contributed by atoms with van der Waals surface area (Å²) in [5, 5.41) is 18.8. The second kappa shape index (κ2) is 5.10. The Morgan fingerprint density at radius 3 is 2.67 bits per heavy atom. The molecule has 1 aromatic carbocycles. The van der Waals surface area contributed by atoms with Crippen LogP contribution in [-0.4, -0.2) is 40.9 Å². The normalized spacial score (nSPS) is 11.4. The number of aromatic nitrogens is 4. The van der Waals surface area contributed by atoms with Gasteiger partial charge in [-0.25, -0.2) is 13.6 Å². The number of nitrogens with two attached hydrogens (primary N) is 1. The Morgan fingerprint density at radius 1 is 1.28 bits per heavy atom. The fourth-order valence-electron chi connectivity index (χ4n) is 1.35. The molecule has 0 spiro atoms. The molecule has 1 aromatic heterocycles. The Bertz CT molecular complexity index is 609. The van der Waals surface area contributed by atoms with Crippen molar-refractivity contribution < 1.29 is 8.42 Å². The molecule has 0 saturated carbocycles. The lowest BCUT2D eigenvalue weighted by Gasteiger charge is -2.05. The summed E-state index contributed by atoms with van der Waals surface area (Å²) in [5.74, 6) is 0.180. The number of nitrogens with zero attached hydrogens (tertiary/aromatic N) is 4. The van der Waals surface area contributed by atoms with Crippen molar-refractivity contribution in [1.29, 1.82) is 0 Å². The molecule has 0 atom stereocenters. The summed E-state index contributed by atoms with van der Waals surface area (Å²) in [7, 11) is -3.50. The van der Waals surface area contributed by atoms with Gasteiger partial charge in [-0.05, 0) is 22.6 Å². The third-order valence-electron chi connectivity index (χ3n) is 2.14. The van der Waals surface area contributed by atoms with E-state index in [0.717, 1.165) is 5.69 Å². The number of rotatable bonds is 5. The number of nitrogens with one attached hydrogen (secondary N) is 1. The van der Waals surface area contributed by atoms with Crippen LogP contribution in [0.15, 0.2) is 30.3 Å². The standard InChI is InChI=1S/C9H12N6O2S/c10-18(16,17)7-6-11-9-12-13-14-15(9)8-4-2-1-3-5-8/h1-5H,6-7H2,(H2,10,16,17)(H,11,12,14). The van der Waals surface area contributed by atoms with Crippen LogP contribution in [0.25, 0.3) is 5.69 Å². The average Bonchev–Trinajstić information content (AvgIpc) is 2.77. The smallest absolute Gasteiger partial charge is 0.247 e. The molecule has 3 N–H and O–H groups in total. The predicted molar refractivity (Wildman–Crippen MR) is 65.6 cm³/mol. The van der Waals surface area contributed by atoms with E-state index in [-0.39, 0.29) is 12.3 Å². The van der Waals surface area contributed by atoms with Crippen molar-refractivity contribution in [2.24, 2.45) is 5.14 Å². The molecule has 9 heteroatoms. The van der Waals surface area contributed by atoms with Crippen molar-refractivity contribution in [3.63, 3.8) is 0 Å². The maximum Gasteiger partial charge on any atom is 0.247 e. The summed E-state index contributed by atoms with van der Waals surface area (Å²) >= 11 is 0. The minimum atomic E-state index is -3.50. The Labute approximate surface area is 104 Å². The molecule has 2 rings (SSSR count). The van der Waals surface area contributed by atoms with E-state index in [2.05, 4.69) is 20.8 Å². The van der Waals surface area contributed by atoms with Gasteiger partial charge in [0.05, 0.1) is 11.4 Å². The van der Waals surface area contributed by atoms with Gasteiger partial charge in [0, 0.05) is 6.54 Å². The van der Waals surface area contributed by atoms with E-state index in [4.69, 9.17) is 5.14 Å². The van der Waals surface area contributed by atoms with Gasteiger partial charge in [-0.15, -0.1) is 0 Å². The Kier molecular flexibility index (Phi) is 3.53. The number of sulfonamides is 1. The van der Waals surface area contributed by atoms with Crippen molar-refractivity contribution in [3.05, 3.63) is 30.3 Å². The van der Waals surface area contributed by atoms with E-state index in [1.54, 1.807) is 0 Å². The molecule has 0 aliphatic carbocycles. The molecule has 0 radical (unpaired) electrons. The van der Waals surface area contributed by atoms with Gasteiger partial charge in [0.2, 0.25) is 16.0 Å². The van der Waals surface area contributed by atoms with Gasteiger partial charge in [0.15, 0.2) is 0 Å². The van der Waals surface area contributed by atoms with E-state index in [9.17, 15) is 8.42 Å². The van der Waals surface area contributed by atoms with Gasteiger partial charge in [-0.2, -0.15) is 4.68 Å². The number of primary sulfonamides is 1. The highest BCUT2D eigenvalue weighted by Gasteiger charge is 2.08. The molecule has 18 heavy (non-hydrogen) atoms. The molecule has 96 valence electrons. The predicted octanol–water partition coefficient (Wildman–Crippen LogP) is -0.637. The van der Waals surface area contributed by atoms with Gasteiger partial charge in [0.1, 0.15) is 0 Å². The topological polar surface area (TPSA) is 116 Å². The van der Waals surface area contributed by atoms with E-state index >= 15 is 0 Å². The van der Waals surface area contributed by atoms with Crippen LogP contribution in [0, 0.1) is 0 Å². The molecule has 0 bridgehead atoms. The number of hydrogen-bond acceptors (Lipinski definition) is 6. The van der Waals surface area contributed by atoms with E-state index < -0.39 is 10.0 Å². The Hall–Kier alpha value is -2.00. The van der Waals surface area contributed by atoms with Crippen LogP contribution in [0.5, 0.6) is 0 Å². The average molecular weight is 268 g/mol. The summed E-state index contributed by atoms with van der Waals surface area (Å²) in [6, 6.07) is 9.25. The molecule has 2 aromatic rings. The molecule has 8 nitrogen and oxygen atoms in total. The van der Waals surface area contributed by atoms with Crippen LogP contribution in [0.1, 0.15) is 0 Å². The third-order valence-corrected chi connectivity index (χ3v) is 2.91. The first-order chi connectivity index (χ1) is 8.56. The quantitative estimate of drug-likeness (QED) is 0.745. The van der Waals surface area contributed by atoms with Gasteiger partial charge < -0.3 is 5.32 Å². The molecule has 0 unspecified atom stereocenters. The molecular weight excluding hydrogens is 256 g/mol. The zero-order valence-electron chi connectivity index (χ0n) is 9.39. The first-order valence-electron chi connectivity index (χ1n) is 5.14. The zero-order chi connectivity index (χ0) is 13.0. The van der Waals surface area contributed by atoms with Crippen molar-refractivity contribution >= 4 is 16.0 Å². The number of benzene rings is 1. The van der Waals surface area contributed by atoms with Crippen molar-refractivity contribution in [1.82, 2.24) is 20.2 Å². The van der Waals surface area contributed by atoms with Crippen molar-refractivity contribution in [3.8, 4) is 5.69 Å². The van der Waals surface area contributed by atoms with E-state index in [1.807, 2.05) is 30.3 Å². The summed E-state index contributed by atoms with van der Waals surface area (Å²) < 4.78 is 23.1. The Morgan fingerprint density at radius 2 is 2.00 bits per heavy atom. The maximum absolute atomic E-state index is 10.8. The van der Waals surface area contributed by atoms with Gasteiger partial charge >= 0.3 is 0 Å². The van der Waals surface area contributed by atoms with Gasteiger partial charge in [-0.1, -0.05) is 23.3 Å². The van der Waals surface area contributed by atoms with Gasteiger partial charge in [-0.3, -0.25) is 0 Å². The largest absolute Gasteiger partial charge is 0.352 e. The van der Waals surface area contributed by atoms with Crippen LogP contribution >= 0.6 is 0 Å². The van der Waals surface area contributed by atoms with Crippen LogP contribution in [-0.2, 0) is 10.0 Å². The lowest BCUT2D eigenvalue weighted by Crippen LogP contribution is -2.23. The summed E-state index contributed by atoms with van der Waals surface area (Å²) in [5.41, 5.74) is 0.778. The van der Waals surface area contributed by atoms with Crippen LogP contribution < -0.4 is 10.5 Å². The number of hydrogen-bond donors (Lipinski definition) is 2. The molecule has 0 amide bonds.